The zero-order chi connectivity index (χ0) is 99.5. The number of Topliss-reactive ketones (excluding diaryl/α,β-unsaturated/α-hetero) is 1. The molecule has 11 atom stereocenters. The molecule has 2 bridgehead atoms. The summed E-state index contributed by atoms with van der Waals surface area (Å²) in [6.07, 6.45) is -3.39. The summed E-state index contributed by atoms with van der Waals surface area (Å²) < 4.78 is 65.7. The van der Waals surface area contributed by atoms with E-state index in [1.807, 2.05) is 48.4 Å². The van der Waals surface area contributed by atoms with E-state index in [1.54, 1.807) is 213 Å². The molecule has 4 aliphatic rings. The van der Waals surface area contributed by atoms with E-state index in [2.05, 4.69) is 73.9 Å². The number of fused-ring (bicyclic) bond motifs is 5. The SMILES string of the molecule is CC(=O)O[C@H]1C(=O)[C@@]2(C)[C@H]([C@H](OC(=O)c3ccccc3)[C@]3(O)CC(OC(=O)[C@H](C)C(NC(=O)c4ccccc4)c4ccccc4)C(C)=C1C3(C)C)[C@]1(OC(C)=O)CO[C@@H]1C[C@@H]2C.[CH-]=O.[CH-]=O.[CH-]=O.[CH-]=O.[CH-]=O.[CH2-]CCC(=O)OCCSSCCOC(C)=O.[CH2-]CCC(=O)OCCSSCCOC(C)=O.[CH2-]CSSCCOC.[CH2-]CSSCCOCC.[CH2-]CSSCCOCC.[Y].[Y].[Y].[Y].[Y]. The number of amides is 1. The number of rotatable bonds is 45. The standard InChI is InChI=1S/C49H55NO12.2C10H17O4S2.2C6H13OS2.C5H11OS2.5CHO.5Y/c1-27-24-36-48(26-58-36,62-31(5)52)40-42(61-45(56)34-22-16-11-17-23-34)49(57)25-35(28(2)37(46(49,6)7)39(59-30(4)51)41(53)47(27,40)8)60-44(55)29(3)38(32-18-12-9-13-19-32)50-43(54)33-20-14-10-15-21-33;2*1-3-4-10(12)14-6-8-16-15-7-5-13-9(2)11;2*1-3-7-5-6-9-8-4-2;1-3-7-8-5-4-6-2;5*1-2;;;;;/h9-23,27,29,35-36,38-40,42,57H,24-26H2,1-8H3,(H,50,54);2*1,3-8H2,2H3;2*2-6H2,1H3;1,3-5H2,2H3;5*1H;;;;;/q;10*-1;;;;;/t27-,29+,35?,36+,38?,39+,40-,42-,47+,48-,49+;;;;;;;;;;;;;;;/m0.............../s1. The minimum absolute atomic E-state index is 0. The molecule has 29 nitrogen and oxygen atoms in total. The van der Waals surface area contributed by atoms with E-state index in [-0.39, 0.29) is 218 Å². The first kappa shape index (κ1) is 152. The van der Waals surface area contributed by atoms with Crippen molar-refractivity contribution < 1.29 is 297 Å². The van der Waals surface area contributed by atoms with Gasteiger partial charge in [0.15, 0.2) is 17.5 Å². The van der Waals surface area contributed by atoms with Gasteiger partial charge in [0.1, 0.15) is 50.3 Å². The largest absolute Gasteiger partial charge is 0.545 e. The van der Waals surface area contributed by atoms with Crippen LogP contribution in [-0.2, 0) is 283 Å². The van der Waals surface area contributed by atoms with Crippen molar-refractivity contribution in [3.05, 3.63) is 153 Å². The monoisotopic (exact) mass is 2450 g/mol. The molecule has 3 aliphatic carbocycles. The maximum Gasteiger partial charge on any atom is 0.338 e. The molecule has 2 saturated carbocycles. The van der Waals surface area contributed by atoms with Crippen molar-refractivity contribution in [1.29, 1.82) is 0 Å². The summed E-state index contributed by atoms with van der Waals surface area (Å²) in [7, 11) is 18.9. The molecule has 3 aromatic rings. The van der Waals surface area contributed by atoms with Gasteiger partial charge in [0.25, 0.3) is 5.91 Å². The molecule has 5 radical (unpaired) electrons. The van der Waals surface area contributed by atoms with Gasteiger partial charge in [-0.3, -0.25) is 77.1 Å². The molecule has 1 saturated heterocycles. The third-order valence-corrected chi connectivity index (χ3v) is 30.1. The Morgan fingerprint density at radius 2 is 0.911 bits per heavy atom. The third kappa shape index (κ3) is 60.4. The van der Waals surface area contributed by atoms with Gasteiger partial charge in [-0.15, -0.1) is 49.6 Å². The fraction of sp³-hybridized carbons (Fsp3) is 0.560. The maximum absolute atomic E-state index is 15.7. The molecule has 0 aromatic heterocycles. The van der Waals surface area contributed by atoms with Crippen LogP contribution in [0, 0.1) is 63.2 Å². The van der Waals surface area contributed by atoms with Crippen molar-refractivity contribution in [1.82, 2.24) is 5.32 Å². The summed E-state index contributed by atoms with van der Waals surface area (Å²) in [6.45, 7) is 59.6. The van der Waals surface area contributed by atoms with Gasteiger partial charge in [-0.25, -0.2) is 4.79 Å². The summed E-state index contributed by atoms with van der Waals surface area (Å²) in [5.74, 6) is 1.36. The summed E-state index contributed by atoms with van der Waals surface area (Å²) in [5, 5.41) is 16.8. The predicted molar refractivity (Wildman–Crippen MR) is 528 cm³/mol. The summed E-state index contributed by atoms with van der Waals surface area (Å²) in [6, 6.07) is 24.9. The Morgan fingerprint density at radius 3 is 1.27 bits per heavy atom. The van der Waals surface area contributed by atoms with Crippen LogP contribution in [0.1, 0.15) is 154 Å². The fourth-order valence-corrected chi connectivity index (χ4v) is 20.5. The molecular weight excluding hydrogens is 2320 g/mol. The molecule has 0 spiro atoms. The second-order valence-corrected chi connectivity index (χ2v) is 41.0. The fourth-order valence-electron chi connectivity index (χ4n) is 13.1. The Kier molecular flexibility index (Phi) is 108. The van der Waals surface area contributed by atoms with Crippen LogP contribution in [0.4, 0.5) is 0 Å². The van der Waals surface area contributed by atoms with Crippen LogP contribution in [0.15, 0.2) is 102 Å². The van der Waals surface area contributed by atoms with Crippen molar-refractivity contribution in [2.75, 3.05) is 131 Å². The number of ether oxygens (including phenoxy) is 12. The van der Waals surface area contributed by atoms with Crippen molar-refractivity contribution in [3.8, 4) is 0 Å². The quantitative estimate of drug-likeness (QED) is 0.0101. The molecule has 753 valence electrons. The summed E-state index contributed by atoms with van der Waals surface area (Å²) in [5.41, 5.74) is -5.11. The van der Waals surface area contributed by atoms with E-state index < -0.39 is 106 Å². The van der Waals surface area contributed by atoms with Crippen molar-refractivity contribution >= 4 is 201 Å². The zero-order valence-electron chi connectivity index (χ0n) is 79.5. The second-order valence-electron chi connectivity index (χ2n) is 27.5. The van der Waals surface area contributed by atoms with Crippen LogP contribution in [-0.4, -0.2) is 265 Å². The van der Waals surface area contributed by atoms with Crippen molar-refractivity contribution in [2.45, 2.75) is 163 Å². The van der Waals surface area contributed by atoms with E-state index in [0.717, 1.165) is 90.6 Å². The van der Waals surface area contributed by atoms with Crippen LogP contribution < -0.4 is 5.32 Å². The van der Waals surface area contributed by atoms with Gasteiger partial charge >= 0.3 is 47.8 Å². The second kappa shape index (κ2) is 95.7. The molecule has 44 heteroatoms. The number of benzene rings is 3. The number of ketones is 1. The molecule has 3 fully saturated rings. The number of hydrogen-bond donors (Lipinski definition) is 2. The molecule has 1 heterocycles. The minimum Gasteiger partial charge on any atom is -0.545 e. The first-order chi connectivity index (χ1) is 62.3. The molecule has 1 amide bonds. The number of carbonyl (C=O) groups excluding carboxylic acids is 15. The number of esters is 8. The molecule has 7 rings (SSSR count). The van der Waals surface area contributed by atoms with Crippen LogP contribution >= 0.6 is 108 Å². The Morgan fingerprint density at radius 1 is 0.526 bits per heavy atom. The first-order valence-electron chi connectivity index (χ1n) is 40.8. The third-order valence-electron chi connectivity index (χ3n) is 18.9. The Hall–Kier alpha value is -0.531. The maximum atomic E-state index is 15.7. The van der Waals surface area contributed by atoms with Gasteiger partial charge in [0, 0.05) is 287 Å². The molecular formula is C91H131NO28S10Y5-10. The van der Waals surface area contributed by atoms with Crippen molar-refractivity contribution in [2.24, 2.45) is 28.6 Å². The number of hydrogen-bond acceptors (Lipinski definition) is 38. The van der Waals surface area contributed by atoms with Crippen LogP contribution in [0.3, 0.4) is 0 Å². The topological polar surface area (TPSA) is 399 Å². The summed E-state index contributed by atoms with van der Waals surface area (Å²) in [4.78, 5) is 166. The van der Waals surface area contributed by atoms with Crippen molar-refractivity contribution in [3.63, 3.8) is 0 Å². The van der Waals surface area contributed by atoms with E-state index in [4.69, 9.17) is 80.8 Å². The average Bonchev–Trinajstić information content (AvgIpc) is 0.667. The number of aliphatic hydroxyl groups is 1. The molecule has 1 aliphatic heterocycles. The van der Waals surface area contributed by atoms with E-state index >= 15 is 4.79 Å². The molecule has 2 N–H and O–H groups in total. The summed E-state index contributed by atoms with van der Waals surface area (Å²) >= 11 is 0. The zero-order valence-corrected chi connectivity index (χ0v) is 102. The van der Waals surface area contributed by atoms with E-state index in [1.165, 1.54) is 27.7 Å². The first-order valence-corrected chi connectivity index (χ1v) is 53.2. The Labute approximate surface area is 967 Å². The molecule has 3 aromatic carbocycles. The molecule has 135 heavy (non-hydrogen) atoms. The van der Waals surface area contributed by atoms with Gasteiger partial charge in [-0.2, -0.15) is 12.8 Å². The van der Waals surface area contributed by atoms with Gasteiger partial charge < -0.3 is 126 Å². The Balaban J connectivity index is -0.000000253. The van der Waals surface area contributed by atoms with Gasteiger partial charge in [-0.05, 0) is 81.0 Å². The molecule has 2 unspecified atom stereocenters. The average molecular weight is 2450 g/mol. The normalized spacial score (nSPS) is 19.0. The van der Waals surface area contributed by atoms with Gasteiger partial charge in [-0.1, -0.05) is 170 Å². The van der Waals surface area contributed by atoms with E-state index in [0.29, 0.717) is 68.8 Å². The Bertz CT molecular complexity index is 3550. The van der Waals surface area contributed by atoms with Gasteiger partial charge in [0.2, 0.25) is 0 Å². The van der Waals surface area contributed by atoms with Crippen LogP contribution in [0.5, 0.6) is 0 Å². The van der Waals surface area contributed by atoms with Gasteiger partial charge in [0.05, 0.1) is 49.9 Å². The van der Waals surface area contributed by atoms with Crippen LogP contribution in [0.25, 0.3) is 0 Å². The van der Waals surface area contributed by atoms with Crippen LogP contribution in [0.2, 0.25) is 0 Å². The number of nitrogens with one attached hydrogen (secondary N) is 1. The number of methoxy groups -OCH3 is 1. The predicted octanol–water partition coefficient (Wildman–Crippen LogP) is 15.4. The minimum atomic E-state index is -2.20. The van der Waals surface area contributed by atoms with E-state index in [9.17, 15) is 48.3 Å². The number of carbonyl (C=O) groups is 10. The smallest absolute Gasteiger partial charge is 0.338 e.